The molecule has 0 radical (unpaired) electrons. The van der Waals surface area contributed by atoms with Crippen LogP contribution in [0.15, 0.2) is 11.0 Å². The van der Waals surface area contributed by atoms with E-state index in [4.69, 9.17) is 5.73 Å². The van der Waals surface area contributed by atoms with Gasteiger partial charge in [0.05, 0.1) is 5.69 Å². The van der Waals surface area contributed by atoms with Crippen molar-refractivity contribution in [1.82, 2.24) is 8.96 Å². The molecule has 9 heteroatoms. The molecule has 0 aromatic carbocycles. The second-order valence-corrected chi connectivity index (χ2v) is 6.71. The summed E-state index contributed by atoms with van der Waals surface area (Å²) < 4.78 is 25.2. The highest BCUT2D eigenvalue weighted by Crippen LogP contribution is 2.14. The summed E-state index contributed by atoms with van der Waals surface area (Å²) in [4.78, 5) is 18.2. The minimum Gasteiger partial charge on any atom is -0.350 e. The molecule has 0 bridgehead atoms. The van der Waals surface area contributed by atoms with E-state index in [0.29, 0.717) is 43.3 Å². The molecule has 0 atom stereocenters. The van der Waals surface area contributed by atoms with Gasteiger partial charge in [-0.1, -0.05) is 0 Å². The van der Waals surface area contributed by atoms with Gasteiger partial charge in [0.15, 0.2) is 18.2 Å². The summed E-state index contributed by atoms with van der Waals surface area (Å²) in [6, 6.07) is 0. The zero-order chi connectivity index (χ0) is 14.5. The van der Waals surface area contributed by atoms with Crippen LogP contribution in [-0.4, -0.2) is 44.3 Å². The first-order valence-corrected chi connectivity index (χ1v) is 8.53. The van der Waals surface area contributed by atoms with Gasteiger partial charge in [0.1, 0.15) is 0 Å². The summed E-state index contributed by atoms with van der Waals surface area (Å²) >= 11 is -0.132. The van der Waals surface area contributed by atoms with Gasteiger partial charge in [-0.2, -0.15) is 0 Å². The minimum absolute atomic E-state index is 0.132. The fraction of sp³-hybridized carbons (Fsp3) is 0.636. The van der Waals surface area contributed by atoms with E-state index in [2.05, 4.69) is 4.98 Å². The van der Waals surface area contributed by atoms with E-state index >= 15 is 0 Å². The van der Waals surface area contributed by atoms with Gasteiger partial charge >= 0.3 is 5.56 Å². The van der Waals surface area contributed by atoms with Crippen LogP contribution in [-0.2, 0) is 17.2 Å². The molecule has 6 nitrogen and oxygen atoms in total. The fourth-order valence-corrected chi connectivity index (χ4v) is 3.37. The summed E-state index contributed by atoms with van der Waals surface area (Å²) in [5.74, 6) is 1.26. The van der Waals surface area contributed by atoms with Crippen molar-refractivity contribution < 1.29 is 8.09 Å². The molecular weight excluding hydrogens is 303 g/mol. The number of aryl methyl sites for hydroxylation is 1. The quantitative estimate of drug-likeness (QED) is 0.828. The average molecular weight is 320 g/mol. The second-order valence-electron chi connectivity index (χ2n) is 4.48. The van der Waals surface area contributed by atoms with Gasteiger partial charge in [0.2, 0.25) is 0 Å². The van der Waals surface area contributed by atoms with Crippen LogP contribution < -0.4 is 16.2 Å². The highest BCUT2D eigenvalue weighted by atomic mass is 32.2. The molecule has 0 spiro atoms. The summed E-state index contributed by atoms with van der Waals surface area (Å²) in [6.07, 6.45) is 2.74. The maximum atomic E-state index is 12.9. The Morgan fingerprint density at radius 1 is 1.45 bits per heavy atom. The zero-order valence-corrected chi connectivity index (χ0v) is 12.6. The molecule has 1 saturated heterocycles. The van der Waals surface area contributed by atoms with Crippen molar-refractivity contribution in [2.24, 2.45) is 5.73 Å². The number of nitrogens with zero attached hydrogens (tertiary/aromatic N) is 3. The van der Waals surface area contributed by atoms with Gasteiger partial charge in [0, 0.05) is 41.6 Å². The lowest BCUT2D eigenvalue weighted by molar-refractivity contribution is 0.671. The van der Waals surface area contributed by atoms with E-state index in [1.54, 1.807) is 4.90 Å². The third-order valence-corrected chi connectivity index (χ3v) is 4.79. The van der Waals surface area contributed by atoms with Crippen molar-refractivity contribution >= 4 is 29.0 Å². The molecule has 1 aliphatic heterocycles. The van der Waals surface area contributed by atoms with Crippen LogP contribution in [0.5, 0.6) is 0 Å². The van der Waals surface area contributed by atoms with E-state index < -0.39 is 16.4 Å². The number of aromatic nitrogens is 2. The molecule has 2 heterocycles. The third kappa shape index (κ3) is 3.58. The lowest BCUT2D eigenvalue weighted by Crippen LogP contribution is -2.42. The Balaban J connectivity index is 2.30. The van der Waals surface area contributed by atoms with Crippen LogP contribution in [0.2, 0.25) is 0 Å². The number of halogens is 1. The summed E-state index contributed by atoms with van der Waals surface area (Å²) in [6.45, 7) is 1.53. The number of nitrogens with two attached hydrogens (primary N) is 1. The van der Waals surface area contributed by atoms with Gasteiger partial charge in [-0.3, -0.25) is 9.00 Å². The number of rotatable bonds is 5. The standard InChI is InChI=1S/C11H17FN4O2S2/c12-19-16-8-9(2-1-3-13)14-10(11(16)17)15-4-6-20(18)7-5-15/h8H,1-7,13H2. The molecule has 112 valence electrons. The average Bonchev–Trinajstić information content (AvgIpc) is 2.47. The van der Waals surface area contributed by atoms with E-state index in [0.717, 1.165) is 10.4 Å². The van der Waals surface area contributed by atoms with Crippen LogP contribution in [0.4, 0.5) is 9.70 Å². The lowest BCUT2D eigenvalue weighted by atomic mass is 10.2. The normalized spacial score (nSPS) is 16.6. The maximum Gasteiger partial charge on any atom is 0.305 e. The second kappa shape index (κ2) is 7.19. The first kappa shape index (κ1) is 15.5. The van der Waals surface area contributed by atoms with E-state index in [1.165, 1.54) is 6.20 Å². The van der Waals surface area contributed by atoms with Gasteiger partial charge < -0.3 is 10.6 Å². The molecule has 0 aliphatic carbocycles. The summed E-state index contributed by atoms with van der Waals surface area (Å²) in [5.41, 5.74) is 5.62. The van der Waals surface area contributed by atoms with Crippen LogP contribution >= 0.6 is 12.3 Å². The van der Waals surface area contributed by atoms with Crippen molar-refractivity contribution in [3.05, 3.63) is 22.2 Å². The molecule has 1 fully saturated rings. The molecule has 1 aromatic rings. The number of hydrogen-bond acceptors (Lipinski definition) is 6. The number of hydrogen-bond donors (Lipinski definition) is 1. The Morgan fingerprint density at radius 3 is 2.75 bits per heavy atom. The molecule has 2 rings (SSSR count). The SMILES string of the molecule is NCCCc1cn(SF)c(=O)c(N2CCS(=O)CC2)n1. The first-order valence-electron chi connectivity index (χ1n) is 6.37. The van der Waals surface area contributed by atoms with Gasteiger partial charge in [-0.05, 0) is 19.4 Å². The summed E-state index contributed by atoms with van der Waals surface area (Å²) in [5, 5.41) is 0. The van der Waals surface area contributed by atoms with Crippen LogP contribution in [0.3, 0.4) is 0 Å². The predicted molar refractivity (Wildman–Crippen MR) is 80.1 cm³/mol. The smallest absolute Gasteiger partial charge is 0.305 e. The van der Waals surface area contributed by atoms with E-state index in [1.807, 2.05) is 0 Å². The van der Waals surface area contributed by atoms with Crippen molar-refractivity contribution in [2.45, 2.75) is 12.8 Å². The first-order chi connectivity index (χ1) is 9.65. The molecule has 1 aliphatic rings. The van der Waals surface area contributed by atoms with E-state index in [9.17, 15) is 12.9 Å². The molecule has 1 aromatic heterocycles. The van der Waals surface area contributed by atoms with Crippen LogP contribution in [0.1, 0.15) is 12.1 Å². The third-order valence-electron chi connectivity index (χ3n) is 3.10. The highest BCUT2D eigenvalue weighted by Gasteiger charge is 2.21. The highest BCUT2D eigenvalue weighted by molar-refractivity contribution is 7.92. The Hall–Kier alpha value is -0.930. The molecular formula is C11H17FN4O2S2. The minimum atomic E-state index is -0.833. The monoisotopic (exact) mass is 320 g/mol. The molecule has 2 N–H and O–H groups in total. The fourth-order valence-electron chi connectivity index (χ4n) is 2.02. The van der Waals surface area contributed by atoms with Crippen molar-refractivity contribution in [3.8, 4) is 0 Å². The Morgan fingerprint density at radius 2 is 2.15 bits per heavy atom. The maximum absolute atomic E-state index is 12.9. The topological polar surface area (TPSA) is 81.2 Å². The van der Waals surface area contributed by atoms with Crippen LogP contribution in [0, 0.1) is 0 Å². The molecule has 0 saturated carbocycles. The van der Waals surface area contributed by atoms with Crippen LogP contribution in [0.25, 0.3) is 0 Å². The molecule has 20 heavy (non-hydrogen) atoms. The Kier molecular flexibility index (Phi) is 5.55. The summed E-state index contributed by atoms with van der Waals surface area (Å²) in [7, 11) is -0.833. The van der Waals surface area contributed by atoms with E-state index in [-0.39, 0.29) is 18.2 Å². The molecule has 0 unspecified atom stereocenters. The van der Waals surface area contributed by atoms with Crippen molar-refractivity contribution in [1.29, 1.82) is 0 Å². The Labute approximate surface area is 123 Å². The number of anilines is 1. The van der Waals surface area contributed by atoms with Gasteiger partial charge in [-0.15, -0.1) is 3.89 Å². The Bertz CT molecular complexity index is 542. The van der Waals surface area contributed by atoms with Crippen molar-refractivity contribution in [3.63, 3.8) is 0 Å². The van der Waals surface area contributed by atoms with Crippen molar-refractivity contribution in [2.75, 3.05) is 36.0 Å². The molecule has 0 amide bonds. The van der Waals surface area contributed by atoms with Gasteiger partial charge in [0.25, 0.3) is 0 Å². The van der Waals surface area contributed by atoms with Gasteiger partial charge in [-0.25, -0.2) is 8.96 Å². The zero-order valence-electron chi connectivity index (χ0n) is 11.0. The largest absolute Gasteiger partial charge is 0.350 e. The predicted octanol–water partition coefficient (Wildman–Crippen LogP) is 0.0841. The lowest BCUT2D eigenvalue weighted by Gasteiger charge is -2.27.